The van der Waals surface area contributed by atoms with Crippen molar-refractivity contribution in [1.29, 1.82) is 0 Å². The molecule has 0 aliphatic heterocycles. The van der Waals surface area contributed by atoms with Crippen LogP contribution < -0.4 is 10.4 Å². The van der Waals surface area contributed by atoms with Crippen molar-refractivity contribution in [2.24, 2.45) is 0 Å². The Hall–Kier alpha value is -3.41. The zero-order valence-corrected chi connectivity index (χ0v) is 13.6. The Morgan fingerprint density at radius 1 is 1.08 bits per heavy atom. The fourth-order valence-electron chi connectivity index (χ4n) is 2.58. The summed E-state index contributed by atoms with van der Waals surface area (Å²) in [7, 11) is 1.52. The van der Waals surface area contributed by atoms with Gasteiger partial charge in [0.05, 0.1) is 7.11 Å². The van der Waals surface area contributed by atoms with E-state index in [1.165, 1.54) is 7.11 Å². The molecule has 0 radical (unpaired) electrons. The largest absolute Gasteiger partial charge is 0.493 e. The number of hydrogen-bond acceptors (Lipinski definition) is 6. The Balaban J connectivity index is 1.81. The van der Waals surface area contributed by atoms with Crippen molar-refractivity contribution in [3.05, 3.63) is 64.5 Å². The van der Waals surface area contributed by atoms with Gasteiger partial charge in [0, 0.05) is 10.9 Å². The van der Waals surface area contributed by atoms with Crippen LogP contribution in [-0.4, -0.2) is 17.3 Å². The number of benzene rings is 2. The monoisotopic (exact) mass is 334 g/mol. The van der Waals surface area contributed by atoms with E-state index in [1.807, 2.05) is 43.3 Å². The van der Waals surface area contributed by atoms with Crippen LogP contribution >= 0.6 is 0 Å². The van der Waals surface area contributed by atoms with E-state index in [2.05, 4.69) is 10.1 Å². The van der Waals surface area contributed by atoms with Crippen molar-refractivity contribution >= 4 is 11.0 Å². The molecule has 0 fully saturated rings. The van der Waals surface area contributed by atoms with Crippen molar-refractivity contribution in [3.8, 4) is 28.6 Å². The Morgan fingerprint density at radius 2 is 1.88 bits per heavy atom. The molecule has 0 N–H and O–H groups in total. The molecule has 2 aromatic heterocycles. The maximum absolute atomic E-state index is 12.3. The van der Waals surface area contributed by atoms with Crippen LogP contribution in [0.2, 0.25) is 0 Å². The van der Waals surface area contributed by atoms with Gasteiger partial charge in [0.25, 0.3) is 5.89 Å². The summed E-state index contributed by atoms with van der Waals surface area (Å²) in [6.07, 6.45) is 0. The van der Waals surface area contributed by atoms with Crippen molar-refractivity contribution < 1.29 is 13.7 Å². The zero-order chi connectivity index (χ0) is 17.4. The summed E-state index contributed by atoms with van der Waals surface area (Å²) < 4.78 is 15.9. The highest BCUT2D eigenvalue weighted by molar-refractivity contribution is 5.85. The van der Waals surface area contributed by atoms with Gasteiger partial charge < -0.3 is 13.7 Å². The highest BCUT2D eigenvalue weighted by Gasteiger charge is 2.17. The molecule has 0 spiro atoms. The van der Waals surface area contributed by atoms with Crippen LogP contribution in [0, 0.1) is 6.92 Å². The van der Waals surface area contributed by atoms with Crippen molar-refractivity contribution in [2.75, 3.05) is 7.11 Å². The van der Waals surface area contributed by atoms with Crippen molar-refractivity contribution in [3.63, 3.8) is 0 Å². The van der Waals surface area contributed by atoms with E-state index in [0.29, 0.717) is 22.5 Å². The number of methoxy groups -OCH3 is 1. The zero-order valence-electron chi connectivity index (χ0n) is 13.6. The maximum Gasteiger partial charge on any atom is 0.349 e. The lowest BCUT2D eigenvalue weighted by Crippen LogP contribution is -2.03. The summed E-state index contributed by atoms with van der Waals surface area (Å²) in [5.74, 6) is 1.03. The summed E-state index contributed by atoms with van der Waals surface area (Å²) in [6, 6.07) is 14.8. The minimum absolute atomic E-state index is 0.119. The number of hydrogen-bond donors (Lipinski definition) is 0. The lowest BCUT2D eigenvalue weighted by Gasteiger charge is -2.03. The number of nitrogens with zero attached hydrogens (tertiary/aromatic N) is 2. The first-order chi connectivity index (χ1) is 12.2. The summed E-state index contributed by atoms with van der Waals surface area (Å²) in [5, 5.41) is 4.67. The molecule has 124 valence electrons. The number of para-hydroxylation sites is 1. The molecule has 4 aromatic rings. The van der Waals surface area contributed by atoms with E-state index in [1.54, 1.807) is 12.1 Å². The number of aryl methyl sites for hydroxylation is 1. The fourth-order valence-corrected chi connectivity index (χ4v) is 2.58. The Labute approximate surface area is 142 Å². The second-order valence-electron chi connectivity index (χ2n) is 5.62. The van der Waals surface area contributed by atoms with Crippen LogP contribution in [0.25, 0.3) is 33.8 Å². The third-order valence-electron chi connectivity index (χ3n) is 3.91. The molecule has 6 heteroatoms. The van der Waals surface area contributed by atoms with E-state index in [9.17, 15) is 4.79 Å². The summed E-state index contributed by atoms with van der Waals surface area (Å²) in [5.41, 5.74) is 1.99. The van der Waals surface area contributed by atoms with Gasteiger partial charge in [-0.25, -0.2) is 4.79 Å². The van der Waals surface area contributed by atoms with Crippen LogP contribution in [0.5, 0.6) is 5.75 Å². The van der Waals surface area contributed by atoms with Gasteiger partial charge in [0.2, 0.25) is 5.82 Å². The summed E-state index contributed by atoms with van der Waals surface area (Å²) in [4.78, 5) is 16.7. The molecular formula is C19H14N2O4. The average molecular weight is 334 g/mol. The molecule has 4 rings (SSSR count). The van der Waals surface area contributed by atoms with E-state index in [-0.39, 0.29) is 11.5 Å². The van der Waals surface area contributed by atoms with Crippen molar-refractivity contribution in [2.45, 2.75) is 6.92 Å². The first kappa shape index (κ1) is 15.1. The first-order valence-corrected chi connectivity index (χ1v) is 7.67. The molecule has 0 unspecified atom stereocenters. The van der Waals surface area contributed by atoms with Crippen LogP contribution in [0.4, 0.5) is 0 Å². The van der Waals surface area contributed by atoms with Gasteiger partial charge in [-0.15, -0.1) is 0 Å². The summed E-state index contributed by atoms with van der Waals surface area (Å²) in [6.45, 7) is 2.00. The number of ether oxygens (including phenoxy) is 1. The highest BCUT2D eigenvalue weighted by atomic mass is 16.5. The molecule has 2 aromatic carbocycles. The van der Waals surface area contributed by atoms with Crippen molar-refractivity contribution in [1.82, 2.24) is 10.1 Å². The fraction of sp³-hybridized carbons (Fsp3) is 0.105. The predicted molar refractivity (Wildman–Crippen MR) is 92.5 cm³/mol. The second kappa shape index (κ2) is 5.90. The first-order valence-electron chi connectivity index (χ1n) is 7.67. The van der Waals surface area contributed by atoms with Gasteiger partial charge in [-0.1, -0.05) is 47.1 Å². The molecule has 2 heterocycles. The molecule has 25 heavy (non-hydrogen) atoms. The van der Waals surface area contributed by atoms with Gasteiger partial charge in [0.1, 0.15) is 5.56 Å². The minimum Gasteiger partial charge on any atom is -0.493 e. The van der Waals surface area contributed by atoms with E-state index in [4.69, 9.17) is 13.7 Å². The van der Waals surface area contributed by atoms with Gasteiger partial charge in [-0.3, -0.25) is 0 Å². The molecule has 0 atom stereocenters. The molecular weight excluding hydrogens is 320 g/mol. The standard InChI is InChI=1S/C19H14N2O4/c1-11-6-8-12(9-7-11)17-20-18(25-21-17)14-10-13-4-3-5-15(23-2)16(13)24-19(14)22/h3-10H,1-2H3. The van der Waals surface area contributed by atoms with Gasteiger partial charge in [-0.2, -0.15) is 4.98 Å². The normalized spacial score (nSPS) is 11.0. The van der Waals surface area contributed by atoms with Crippen LogP contribution in [0.1, 0.15) is 5.56 Å². The molecule has 0 aliphatic carbocycles. The maximum atomic E-state index is 12.3. The van der Waals surface area contributed by atoms with E-state index < -0.39 is 5.63 Å². The molecule has 0 aliphatic rings. The molecule has 0 amide bonds. The number of fused-ring (bicyclic) bond motifs is 1. The smallest absolute Gasteiger partial charge is 0.349 e. The Kier molecular flexibility index (Phi) is 3.57. The minimum atomic E-state index is -0.559. The number of rotatable bonds is 3. The third-order valence-corrected chi connectivity index (χ3v) is 3.91. The predicted octanol–water partition coefficient (Wildman–Crippen LogP) is 3.83. The van der Waals surface area contributed by atoms with Gasteiger partial charge in [-0.05, 0) is 19.1 Å². The van der Waals surface area contributed by atoms with Crippen LogP contribution in [-0.2, 0) is 0 Å². The van der Waals surface area contributed by atoms with E-state index in [0.717, 1.165) is 11.1 Å². The Morgan fingerprint density at radius 3 is 2.64 bits per heavy atom. The van der Waals surface area contributed by atoms with Gasteiger partial charge in [0.15, 0.2) is 11.3 Å². The lowest BCUT2D eigenvalue weighted by atomic mass is 10.1. The molecule has 6 nitrogen and oxygen atoms in total. The SMILES string of the molecule is COc1cccc2cc(-c3nc(-c4ccc(C)cc4)no3)c(=O)oc12. The number of aromatic nitrogens is 2. The topological polar surface area (TPSA) is 78.4 Å². The second-order valence-corrected chi connectivity index (χ2v) is 5.62. The highest BCUT2D eigenvalue weighted by Crippen LogP contribution is 2.27. The molecule has 0 saturated carbocycles. The average Bonchev–Trinajstić information content (AvgIpc) is 3.11. The van der Waals surface area contributed by atoms with Crippen LogP contribution in [0.3, 0.4) is 0 Å². The lowest BCUT2D eigenvalue weighted by molar-refractivity contribution is 0.405. The third kappa shape index (κ3) is 2.67. The molecule has 0 bridgehead atoms. The quantitative estimate of drug-likeness (QED) is 0.530. The van der Waals surface area contributed by atoms with Gasteiger partial charge >= 0.3 is 5.63 Å². The van der Waals surface area contributed by atoms with Crippen LogP contribution in [0.15, 0.2) is 62.3 Å². The summed E-state index contributed by atoms with van der Waals surface area (Å²) >= 11 is 0. The molecule has 0 saturated heterocycles. The van der Waals surface area contributed by atoms with E-state index >= 15 is 0 Å². The Bertz CT molecular complexity index is 1110.